The molecule has 0 spiro atoms. The SMILES string of the molecule is COc1ccc(C2(C)NC(=O)N(CC(=O)Nc3nc(-c4cc(C)ccc4OC)cs3)C2=O)cc1. The van der Waals surface area contributed by atoms with Crippen LogP contribution in [0.3, 0.4) is 0 Å². The number of carbonyl (C=O) groups is 3. The lowest BCUT2D eigenvalue weighted by Gasteiger charge is -2.22. The lowest BCUT2D eigenvalue weighted by Crippen LogP contribution is -2.42. The monoisotopic (exact) mass is 480 g/mol. The highest BCUT2D eigenvalue weighted by atomic mass is 32.1. The van der Waals surface area contributed by atoms with Gasteiger partial charge < -0.3 is 20.1 Å². The molecule has 0 aliphatic carbocycles. The summed E-state index contributed by atoms with van der Waals surface area (Å²) in [6.07, 6.45) is 0. The molecule has 1 aliphatic rings. The molecular formula is C24H24N4O5S. The first-order valence-corrected chi connectivity index (χ1v) is 11.3. The van der Waals surface area contributed by atoms with Crippen LogP contribution < -0.4 is 20.1 Å². The van der Waals surface area contributed by atoms with Crippen LogP contribution in [-0.2, 0) is 15.1 Å². The second-order valence-corrected chi connectivity index (χ2v) is 8.82. The minimum atomic E-state index is -1.28. The van der Waals surface area contributed by atoms with Gasteiger partial charge in [0.05, 0.1) is 19.9 Å². The molecule has 10 heteroatoms. The van der Waals surface area contributed by atoms with Crippen LogP contribution in [-0.4, -0.2) is 48.5 Å². The fourth-order valence-electron chi connectivity index (χ4n) is 3.74. The van der Waals surface area contributed by atoms with E-state index in [2.05, 4.69) is 15.6 Å². The van der Waals surface area contributed by atoms with Crippen molar-refractivity contribution in [3.05, 3.63) is 59.0 Å². The number of ether oxygens (including phenoxy) is 2. The first kappa shape index (κ1) is 23.2. The van der Waals surface area contributed by atoms with Gasteiger partial charge in [-0.15, -0.1) is 11.3 Å². The highest BCUT2D eigenvalue weighted by Crippen LogP contribution is 2.33. The molecule has 1 aromatic heterocycles. The van der Waals surface area contributed by atoms with Crippen molar-refractivity contribution < 1.29 is 23.9 Å². The summed E-state index contributed by atoms with van der Waals surface area (Å²) in [6, 6.07) is 11.9. The Hall–Kier alpha value is -3.92. The molecule has 34 heavy (non-hydrogen) atoms. The Balaban J connectivity index is 1.46. The lowest BCUT2D eigenvalue weighted by atomic mass is 9.92. The zero-order valence-corrected chi connectivity index (χ0v) is 20.0. The Morgan fingerprint density at radius 2 is 1.88 bits per heavy atom. The predicted octanol–water partition coefficient (Wildman–Crippen LogP) is 3.54. The van der Waals surface area contributed by atoms with Gasteiger partial charge in [0, 0.05) is 10.9 Å². The Kier molecular flexibility index (Phi) is 6.25. The maximum Gasteiger partial charge on any atom is 0.325 e. The Morgan fingerprint density at radius 1 is 1.15 bits per heavy atom. The molecule has 1 atom stereocenters. The first-order valence-electron chi connectivity index (χ1n) is 10.4. The molecule has 2 N–H and O–H groups in total. The number of hydrogen-bond acceptors (Lipinski definition) is 7. The Bertz CT molecular complexity index is 1260. The van der Waals surface area contributed by atoms with Crippen LogP contribution in [0.1, 0.15) is 18.1 Å². The summed E-state index contributed by atoms with van der Waals surface area (Å²) in [5.74, 6) is 0.263. The standard InChI is InChI=1S/C24H24N4O5S/c1-14-5-10-19(33-4)17(11-14)18-13-34-22(25-18)26-20(29)12-28-21(30)24(2,27-23(28)31)15-6-8-16(32-3)9-7-15/h5-11,13H,12H2,1-4H3,(H,27,31)(H,25,26,29). The van der Waals surface area contributed by atoms with Crippen LogP contribution in [0.15, 0.2) is 47.8 Å². The van der Waals surface area contributed by atoms with Gasteiger partial charge in [0.15, 0.2) is 5.13 Å². The van der Waals surface area contributed by atoms with Gasteiger partial charge in [-0.2, -0.15) is 0 Å². The lowest BCUT2D eigenvalue weighted by molar-refractivity contribution is -0.133. The normalized spacial score (nSPS) is 17.5. The summed E-state index contributed by atoms with van der Waals surface area (Å²) in [4.78, 5) is 43.6. The molecule has 4 rings (SSSR count). The fourth-order valence-corrected chi connectivity index (χ4v) is 4.47. The fraction of sp³-hybridized carbons (Fsp3) is 0.250. The smallest absolute Gasteiger partial charge is 0.325 e. The summed E-state index contributed by atoms with van der Waals surface area (Å²) >= 11 is 1.24. The van der Waals surface area contributed by atoms with Crippen molar-refractivity contribution in [3.63, 3.8) is 0 Å². The largest absolute Gasteiger partial charge is 0.497 e. The van der Waals surface area contributed by atoms with Crippen LogP contribution >= 0.6 is 11.3 Å². The van der Waals surface area contributed by atoms with Gasteiger partial charge in [-0.1, -0.05) is 23.8 Å². The van der Waals surface area contributed by atoms with Crippen molar-refractivity contribution >= 4 is 34.3 Å². The Morgan fingerprint density at radius 3 is 2.56 bits per heavy atom. The van der Waals surface area contributed by atoms with Crippen molar-refractivity contribution in [3.8, 4) is 22.8 Å². The number of urea groups is 1. The number of imide groups is 1. The van der Waals surface area contributed by atoms with Gasteiger partial charge in [0.1, 0.15) is 23.6 Å². The summed E-state index contributed by atoms with van der Waals surface area (Å²) < 4.78 is 10.6. The zero-order valence-electron chi connectivity index (χ0n) is 19.2. The van der Waals surface area contributed by atoms with Crippen molar-refractivity contribution in [2.24, 2.45) is 0 Å². The van der Waals surface area contributed by atoms with E-state index >= 15 is 0 Å². The first-order chi connectivity index (χ1) is 16.2. The molecule has 2 aromatic carbocycles. The van der Waals surface area contributed by atoms with Crippen LogP contribution in [0.25, 0.3) is 11.3 Å². The minimum absolute atomic E-state index is 0.355. The van der Waals surface area contributed by atoms with E-state index < -0.39 is 29.9 Å². The molecule has 1 unspecified atom stereocenters. The van der Waals surface area contributed by atoms with Crippen LogP contribution in [0, 0.1) is 6.92 Å². The number of thiazole rings is 1. The van der Waals surface area contributed by atoms with E-state index in [1.807, 2.05) is 25.1 Å². The molecule has 2 heterocycles. The highest BCUT2D eigenvalue weighted by Gasteiger charge is 2.49. The third-order valence-corrected chi connectivity index (χ3v) is 6.38. The number of carbonyl (C=O) groups excluding carboxylic acids is 3. The molecular weight excluding hydrogens is 456 g/mol. The van der Waals surface area contributed by atoms with E-state index in [0.29, 0.717) is 27.9 Å². The molecule has 0 saturated carbocycles. The molecule has 3 aromatic rings. The van der Waals surface area contributed by atoms with Gasteiger partial charge in [-0.25, -0.2) is 9.78 Å². The van der Waals surface area contributed by atoms with Crippen LogP contribution in [0.4, 0.5) is 9.93 Å². The number of aryl methyl sites for hydroxylation is 1. The van der Waals surface area contributed by atoms with Gasteiger partial charge in [-0.05, 0) is 43.7 Å². The van der Waals surface area contributed by atoms with Gasteiger partial charge >= 0.3 is 6.03 Å². The van der Waals surface area contributed by atoms with Gasteiger partial charge in [0.25, 0.3) is 5.91 Å². The van der Waals surface area contributed by atoms with E-state index in [0.717, 1.165) is 16.0 Å². The molecule has 1 aliphatic heterocycles. The van der Waals surface area contributed by atoms with Crippen molar-refractivity contribution in [1.82, 2.24) is 15.2 Å². The molecule has 4 amide bonds. The predicted molar refractivity (Wildman–Crippen MR) is 128 cm³/mol. The van der Waals surface area contributed by atoms with Crippen LogP contribution in [0.5, 0.6) is 11.5 Å². The maximum atomic E-state index is 13.1. The van der Waals surface area contributed by atoms with Crippen LogP contribution in [0.2, 0.25) is 0 Å². The summed E-state index contributed by atoms with van der Waals surface area (Å²) in [5.41, 5.74) is 1.82. The van der Waals surface area contributed by atoms with E-state index in [4.69, 9.17) is 9.47 Å². The summed E-state index contributed by atoms with van der Waals surface area (Å²) in [5, 5.41) is 7.52. The molecule has 0 bridgehead atoms. The number of anilines is 1. The van der Waals surface area contributed by atoms with E-state index in [1.54, 1.807) is 50.8 Å². The average Bonchev–Trinajstić information content (AvgIpc) is 3.37. The second kappa shape index (κ2) is 9.14. The topological polar surface area (TPSA) is 110 Å². The maximum absolute atomic E-state index is 13.1. The van der Waals surface area contributed by atoms with E-state index in [-0.39, 0.29) is 0 Å². The van der Waals surface area contributed by atoms with E-state index in [9.17, 15) is 14.4 Å². The third-order valence-electron chi connectivity index (χ3n) is 5.63. The number of methoxy groups -OCH3 is 2. The number of nitrogens with zero attached hydrogens (tertiary/aromatic N) is 2. The number of aromatic nitrogens is 1. The third kappa shape index (κ3) is 4.32. The highest BCUT2D eigenvalue weighted by molar-refractivity contribution is 7.14. The van der Waals surface area contributed by atoms with Gasteiger partial charge in [-0.3, -0.25) is 14.5 Å². The van der Waals surface area contributed by atoms with E-state index in [1.165, 1.54) is 11.3 Å². The number of benzene rings is 2. The number of nitrogens with one attached hydrogen (secondary N) is 2. The molecule has 1 fully saturated rings. The molecule has 176 valence electrons. The summed E-state index contributed by atoms with van der Waals surface area (Å²) in [6.45, 7) is 3.14. The Labute approximate surface area is 200 Å². The molecule has 9 nitrogen and oxygen atoms in total. The second-order valence-electron chi connectivity index (χ2n) is 7.96. The summed E-state index contributed by atoms with van der Waals surface area (Å²) in [7, 11) is 3.13. The quantitative estimate of drug-likeness (QED) is 0.501. The van der Waals surface area contributed by atoms with Crippen molar-refractivity contribution in [1.29, 1.82) is 0 Å². The van der Waals surface area contributed by atoms with Crippen molar-refractivity contribution in [2.45, 2.75) is 19.4 Å². The molecule has 1 saturated heterocycles. The number of rotatable bonds is 7. The van der Waals surface area contributed by atoms with Crippen molar-refractivity contribution in [2.75, 3.05) is 26.1 Å². The number of amides is 4. The van der Waals surface area contributed by atoms with Gasteiger partial charge in [0.2, 0.25) is 5.91 Å². The number of hydrogen-bond donors (Lipinski definition) is 2. The minimum Gasteiger partial charge on any atom is -0.497 e. The zero-order chi connectivity index (χ0) is 24.5. The average molecular weight is 481 g/mol. The molecule has 0 radical (unpaired) electrons.